The van der Waals surface area contributed by atoms with Crippen molar-refractivity contribution in [1.82, 2.24) is 15.1 Å². The van der Waals surface area contributed by atoms with E-state index in [1.54, 1.807) is 12.1 Å². The molecule has 0 aliphatic rings. The van der Waals surface area contributed by atoms with Crippen LogP contribution < -0.4 is 10.1 Å². The van der Waals surface area contributed by atoms with Gasteiger partial charge in [0.2, 0.25) is 0 Å². The minimum absolute atomic E-state index is 0.0782. The highest BCUT2D eigenvalue weighted by Gasteiger charge is 2.06. The van der Waals surface area contributed by atoms with E-state index in [1.165, 1.54) is 0 Å². The summed E-state index contributed by atoms with van der Waals surface area (Å²) < 4.78 is 7.46. The van der Waals surface area contributed by atoms with Gasteiger partial charge in [0.05, 0.1) is 18.5 Å². The molecule has 2 aromatic carbocycles. The molecule has 0 aliphatic carbocycles. The summed E-state index contributed by atoms with van der Waals surface area (Å²) in [6.45, 7) is 3.40. The molecule has 0 radical (unpaired) electrons. The largest absolute Gasteiger partial charge is 0.494 e. The number of aromatic nitrogens is 2. The third kappa shape index (κ3) is 5.45. The van der Waals surface area contributed by atoms with Crippen molar-refractivity contribution in [1.29, 1.82) is 0 Å². The number of ether oxygens (including phenoxy) is 1. The highest BCUT2D eigenvalue weighted by atomic mass is 16.5. The van der Waals surface area contributed by atoms with Crippen molar-refractivity contribution in [3.63, 3.8) is 0 Å². The van der Waals surface area contributed by atoms with Crippen molar-refractivity contribution in [2.45, 2.75) is 26.2 Å². The zero-order valence-electron chi connectivity index (χ0n) is 15.6. The lowest BCUT2D eigenvalue weighted by atomic mass is 10.2. The van der Waals surface area contributed by atoms with Gasteiger partial charge in [-0.15, -0.1) is 0 Å². The van der Waals surface area contributed by atoms with Gasteiger partial charge in [-0.1, -0.05) is 31.5 Å². The number of amides is 1. The van der Waals surface area contributed by atoms with Crippen molar-refractivity contribution in [2.24, 2.45) is 0 Å². The van der Waals surface area contributed by atoms with Crippen molar-refractivity contribution in [2.75, 3.05) is 13.2 Å². The zero-order chi connectivity index (χ0) is 18.9. The van der Waals surface area contributed by atoms with Crippen LogP contribution in [0.5, 0.6) is 5.75 Å². The number of carbonyl (C=O) groups excluding carboxylic acids is 1. The van der Waals surface area contributed by atoms with Gasteiger partial charge in [0, 0.05) is 18.3 Å². The molecule has 0 saturated carbocycles. The standard InChI is InChI=1S/C22H25N3O2/c1-2-3-15-27-21-11-9-19(10-12-21)22(26)23-14-13-18-16-24-25(17-18)20-7-5-4-6-8-20/h4-12,16-17H,2-3,13-15H2,1H3,(H,23,26). The van der Waals surface area contributed by atoms with Gasteiger partial charge in [-0.3, -0.25) is 4.79 Å². The highest BCUT2D eigenvalue weighted by Crippen LogP contribution is 2.13. The van der Waals surface area contributed by atoms with Crippen molar-refractivity contribution < 1.29 is 9.53 Å². The lowest BCUT2D eigenvalue weighted by molar-refractivity contribution is 0.0954. The predicted molar refractivity (Wildman–Crippen MR) is 106 cm³/mol. The Morgan fingerprint density at radius 2 is 1.89 bits per heavy atom. The van der Waals surface area contributed by atoms with Crippen LogP contribution in [0.1, 0.15) is 35.7 Å². The zero-order valence-corrected chi connectivity index (χ0v) is 15.6. The summed E-state index contributed by atoms with van der Waals surface area (Å²) in [5, 5.41) is 7.32. The first-order chi connectivity index (χ1) is 13.3. The lowest BCUT2D eigenvalue weighted by Gasteiger charge is -2.07. The molecule has 140 valence electrons. The van der Waals surface area contributed by atoms with E-state index >= 15 is 0 Å². The molecule has 1 N–H and O–H groups in total. The summed E-state index contributed by atoms with van der Waals surface area (Å²) in [4.78, 5) is 12.3. The van der Waals surface area contributed by atoms with E-state index in [9.17, 15) is 4.79 Å². The normalized spacial score (nSPS) is 10.6. The van der Waals surface area contributed by atoms with Gasteiger partial charge in [-0.2, -0.15) is 5.10 Å². The first-order valence-corrected chi connectivity index (χ1v) is 9.36. The van der Waals surface area contributed by atoms with Gasteiger partial charge in [0.15, 0.2) is 0 Å². The van der Waals surface area contributed by atoms with Gasteiger partial charge in [0.25, 0.3) is 5.91 Å². The first kappa shape index (κ1) is 18.7. The Hall–Kier alpha value is -3.08. The third-order valence-electron chi connectivity index (χ3n) is 4.24. The van der Waals surface area contributed by atoms with E-state index in [2.05, 4.69) is 17.3 Å². The number of nitrogens with zero attached hydrogens (tertiary/aromatic N) is 2. The van der Waals surface area contributed by atoms with E-state index in [4.69, 9.17) is 4.74 Å². The molecule has 3 rings (SSSR count). The highest BCUT2D eigenvalue weighted by molar-refractivity contribution is 5.94. The summed E-state index contributed by atoms with van der Waals surface area (Å²) in [7, 11) is 0. The van der Waals surface area contributed by atoms with Gasteiger partial charge in [0.1, 0.15) is 5.75 Å². The van der Waals surface area contributed by atoms with Crippen molar-refractivity contribution in [3.05, 3.63) is 78.1 Å². The lowest BCUT2D eigenvalue weighted by Crippen LogP contribution is -2.25. The molecule has 1 heterocycles. The monoisotopic (exact) mass is 363 g/mol. The Bertz CT molecular complexity index is 842. The molecule has 5 nitrogen and oxygen atoms in total. The van der Waals surface area contributed by atoms with E-state index < -0.39 is 0 Å². The molecule has 1 amide bonds. The van der Waals surface area contributed by atoms with E-state index in [1.807, 2.05) is 59.5 Å². The summed E-state index contributed by atoms with van der Waals surface area (Å²) in [6, 6.07) is 17.2. The molecule has 0 spiro atoms. The molecule has 0 unspecified atom stereocenters. The van der Waals surface area contributed by atoms with Gasteiger partial charge in [-0.25, -0.2) is 4.68 Å². The minimum atomic E-state index is -0.0782. The van der Waals surface area contributed by atoms with E-state index in [-0.39, 0.29) is 5.91 Å². The Morgan fingerprint density at radius 3 is 2.63 bits per heavy atom. The molecule has 1 aromatic heterocycles. The van der Waals surface area contributed by atoms with Crippen LogP contribution in [-0.2, 0) is 6.42 Å². The maximum atomic E-state index is 12.3. The Morgan fingerprint density at radius 1 is 1.11 bits per heavy atom. The minimum Gasteiger partial charge on any atom is -0.494 e. The van der Waals surface area contributed by atoms with Crippen LogP contribution in [-0.4, -0.2) is 28.8 Å². The second kappa shape index (κ2) is 9.57. The van der Waals surface area contributed by atoms with Crippen LogP contribution >= 0.6 is 0 Å². The predicted octanol–water partition coefficient (Wildman–Crippen LogP) is 4.02. The second-order valence-corrected chi connectivity index (χ2v) is 6.36. The number of benzene rings is 2. The third-order valence-corrected chi connectivity index (χ3v) is 4.24. The molecular formula is C22H25N3O2. The fraction of sp³-hybridized carbons (Fsp3) is 0.273. The van der Waals surface area contributed by atoms with Crippen LogP contribution in [0.3, 0.4) is 0 Å². The van der Waals surface area contributed by atoms with Crippen molar-refractivity contribution >= 4 is 5.91 Å². The van der Waals surface area contributed by atoms with Gasteiger partial charge < -0.3 is 10.1 Å². The number of carbonyl (C=O) groups is 1. The maximum Gasteiger partial charge on any atom is 0.251 e. The van der Waals surface area contributed by atoms with Crippen LogP contribution in [0.4, 0.5) is 0 Å². The Balaban J connectivity index is 1.46. The van der Waals surface area contributed by atoms with Gasteiger partial charge >= 0.3 is 0 Å². The molecule has 0 saturated heterocycles. The smallest absolute Gasteiger partial charge is 0.251 e. The molecule has 3 aromatic rings. The summed E-state index contributed by atoms with van der Waals surface area (Å²) in [5.74, 6) is 0.721. The van der Waals surface area contributed by atoms with Crippen LogP contribution in [0.25, 0.3) is 5.69 Å². The fourth-order valence-electron chi connectivity index (χ4n) is 2.67. The molecule has 5 heteroatoms. The average Bonchev–Trinajstić information content (AvgIpc) is 3.18. The molecule has 0 bridgehead atoms. The average molecular weight is 363 g/mol. The number of rotatable bonds is 9. The number of unbranched alkanes of at least 4 members (excludes halogenated alkanes) is 1. The van der Waals surface area contributed by atoms with Crippen LogP contribution in [0.15, 0.2) is 67.0 Å². The topological polar surface area (TPSA) is 56.1 Å². The fourth-order valence-corrected chi connectivity index (χ4v) is 2.67. The van der Waals surface area contributed by atoms with Crippen molar-refractivity contribution in [3.8, 4) is 11.4 Å². The van der Waals surface area contributed by atoms with Gasteiger partial charge in [-0.05, 0) is 54.8 Å². The first-order valence-electron chi connectivity index (χ1n) is 9.36. The summed E-state index contributed by atoms with van der Waals surface area (Å²) in [6.07, 6.45) is 6.69. The Labute approximate surface area is 160 Å². The molecule has 27 heavy (non-hydrogen) atoms. The number of nitrogens with one attached hydrogen (secondary N) is 1. The molecule has 0 aliphatic heterocycles. The SMILES string of the molecule is CCCCOc1ccc(C(=O)NCCc2cnn(-c3ccccc3)c2)cc1. The van der Waals surface area contributed by atoms with Crippen LogP contribution in [0.2, 0.25) is 0 Å². The Kier molecular flexibility index (Phi) is 6.63. The molecule has 0 fully saturated rings. The van der Waals surface area contributed by atoms with E-state index in [0.717, 1.165) is 36.3 Å². The molecular weight excluding hydrogens is 338 g/mol. The molecule has 0 atom stereocenters. The number of hydrogen-bond acceptors (Lipinski definition) is 3. The summed E-state index contributed by atoms with van der Waals surface area (Å²) in [5.41, 5.74) is 2.74. The summed E-state index contributed by atoms with van der Waals surface area (Å²) >= 11 is 0. The number of para-hydroxylation sites is 1. The second-order valence-electron chi connectivity index (χ2n) is 6.36. The quantitative estimate of drug-likeness (QED) is 0.584. The van der Waals surface area contributed by atoms with Crippen LogP contribution in [0, 0.1) is 0 Å². The maximum absolute atomic E-state index is 12.3. The number of hydrogen-bond donors (Lipinski definition) is 1. The van der Waals surface area contributed by atoms with E-state index in [0.29, 0.717) is 18.7 Å².